The van der Waals surface area contributed by atoms with Gasteiger partial charge in [0.15, 0.2) is 0 Å². The van der Waals surface area contributed by atoms with E-state index in [1.807, 2.05) is 48.5 Å². The van der Waals surface area contributed by atoms with Crippen molar-refractivity contribution in [2.45, 2.75) is 19.1 Å². The van der Waals surface area contributed by atoms with Gasteiger partial charge in [0.25, 0.3) is 0 Å². The third kappa shape index (κ3) is 3.32. The number of benzene rings is 4. The molecule has 162 valence electrons. The molecule has 5 aromatic rings. The Kier molecular flexibility index (Phi) is 4.40. The lowest BCUT2D eigenvalue weighted by atomic mass is 9.99. The van der Waals surface area contributed by atoms with E-state index in [4.69, 9.17) is 0 Å². The van der Waals surface area contributed by atoms with Crippen molar-refractivity contribution >= 4 is 10.9 Å². The maximum Gasteiger partial charge on any atom is 0.418 e. The normalized spacial score (nSPS) is 12.7. The molecule has 0 radical (unpaired) electrons. The lowest BCUT2D eigenvalue weighted by Crippen LogP contribution is -2.06. The van der Waals surface area contributed by atoms with Crippen LogP contribution >= 0.6 is 0 Å². The van der Waals surface area contributed by atoms with Gasteiger partial charge in [-0.15, -0.1) is 0 Å². The quantitative estimate of drug-likeness (QED) is 0.281. The number of fused-ring (bicyclic) bond motifs is 4. The van der Waals surface area contributed by atoms with Crippen molar-refractivity contribution in [1.82, 2.24) is 9.78 Å². The van der Waals surface area contributed by atoms with E-state index in [9.17, 15) is 13.2 Å². The largest absolute Gasteiger partial charge is 0.418 e. The summed E-state index contributed by atoms with van der Waals surface area (Å²) in [5.41, 5.74) is 6.70. The van der Waals surface area contributed by atoms with E-state index in [0.717, 1.165) is 23.6 Å². The monoisotopic (exact) mass is 440 g/mol. The minimum absolute atomic E-state index is 0.0142. The van der Waals surface area contributed by atoms with Gasteiger partial charge < -0.3 is 0 Å². The zero-order chi connectivity index (χ0) is 22.6. The van der Waals surface area contributed by atoms with Crippen LogP contribution < -0.4 is 0 Å². The van der Waals surface area contributed by atoms with Crippen LogP contribution in [0.4, 0.5) is 13.2 Å². The van der Waals surface area contributed by atoms with E-state index in [2.05, 4.69) is 29.4 Å². The second-order valence-corrected chi connectivity index (χ2v) is 8.40. The molecule has 4 aromatic carbocycles. The number of rotatable bonds is 3. The fraction of sp³-hybridized carbons (Fsp3) is 0.107. The third-order valence-electron chi connectivity index (χ3n) is 6.32. The molecule has 0 spiro atoms. The van der Waals surface area contributed by atoms with Gasteiger partial charge in [-0.3, -0.25) is 4.68 Å². The molecule has 0 saturated carbocycles. The zero-order valence-corrected chi connectivity index (χ0v) is 17.6. The highest BCUT2D eigenvalue weighted by Gasteiger charge is 2.34. The first-order chi connectivity index (χ1) is 16.0. The van der Waals surface area contributed by atoms with E-state index in [1.165, 1.54) is 28.3 Å². The number of alkyl halides is 3. The highest BCUT2D eigenvalue weighted by atomic mass is 19.4. The standard InChI is InChI=1S/C28H19F3N2/c29-28(30,31)25-12-6-11-24-26(25)32-33(17-18-7-2-1-3-8-18)27(24)20-13-14-23-21(16-20)15-19-9-4-5-10-22(19)23/h1-14,16H,15,17H2. The van der Waals surface area contributed by atoms with Gasteiger partial charge >= 0.3 is 6.18 Å². The molecule has 0 aliphatic heterocycles. The zero-order valence-electron chi connectivity index (χ0n) is 17.6. The topological polar surface area (TPSA) is 17.8 Å². The molecular formula is C28H19F3N2. The Morgan fingerprint density at radius 1 is 0.758 bits per heavy atom. The summed E-state index contributed by atoms with van der Waals surface area (Å²) < 4.78 is 43.0. The molecule has 0 amide bonds. The maximum absolute atomic E-state index is 13.8. The molecule has 0 fully saturated rings. The Morgan fingerprint density at radius 2 is 1.52 bits per heavy atom. The lowest BCUT2D eigenvalue weighted by molar-refractivity contribution is -0.136. The van der Waals surface area contributed by atoms with Crippen molar-refractivity contribution in [2.24, 2.45) is 0 Å². The molecule has 33 heavy (non-hydrogen) atoms. The SMILES string of the molecule is FC(F)(F)c1cccc2c(-c3ccc4c(c3)Cc3ccccc3-4)n(Cc3ccccc3)nc12. The summed E-state index contributed by atoms with van der Waals surface area (Å²) >= 11 is 0. The molecule has 5 heteroatoms. The third-order valence-corrected chi connectivity index (χ3v) is 6.32. The van der Waals surface area contributed by atoms with E-state index < -0.39 is 11.7 Å². The summed E-state index contributed by atoms with van der Waals surface area (Å²) in [5.74, 6) is 0. The van der Waals surface area contributed by atoms with Gasteiger partial charge in [0.2, 0.25) is 0 Å². The second-order valence-electron chi connectivity index (χ2n) is 8.40. The fourth-order valence-electron chi connectivity index (χ4n) is 4.85. The predicted molar refractivity (Wildman–Crippen MR) is 124 cm³/mol. The van der Waals surface area contributed by atoms with Gasteiger partial charge in [-0.05, 0) is 46.4 Å². The molecule has 1 heterocycles. The Labute approximate surface area is 188 Å². The van der Waals surface area contributed by atoms with Gasteiger partial charge in [-0.25, -0.2) is 0 Å². The molecule has 2 nitrogen and oxygen atoms in total. The maximum atomic E-state index is 13.8. The molecular weight excluding hydrogens is 421 g/mol. The molecule has 0 atom stereocenters. The summed E-state index contributed by atoms with van der Waals surface area (Å²) in [6.45, 7) is 0.388. The van der Waals surface area contributed by atoms with Crippen molar-refractivity contribution in [3.05, 3.63) is 113 Å². The Balaban J connectivity index is 1.56. The summed E-state index contributed by atoms with van der Waals surface area (Å²) in [4.78, 5) is 0. The van der Waals surface area contributed by atoms with Crippen LogP contribution in [0.25, 0.3) is 33.3 Å². The van der Waals surface area contributed by atoms with Crippen molar-refractivity contribution < 1.29 is 13.2 Å². The first kappa shape index (κ1) is 19.8. The Bertz CT molecular complexity index is 1500. The average molecular weight is 440 g/mol. The Hall–Kier alpha value is -3.86. The first-order valence-corrected chi connectivity index (χ1v) is 10.8. The number of hydrogen-bond acceptors (Lipinski definition) is 1. The first-order valence-electron chi connectivity index (χ1n) is 10.8. The molecule has 1 aliphatic carbocycles. The van der Waals surface area contributed by atoms with Crippen LogP contribution in [0, 0.1) is 0 Å². The minimum atomic E-state index is -4.47. The van der Waals surface area contributed by atoms with E-state index in [-0.39, 0.29) is 5.52 Å². The molecule has 1 aromatic heterocycles. The summed E-state index contributed by atoms with van der Waals surface area (Å²) in [6.07, 6.45) is -3.65. The van der Waals surface area contributed by atoms with E-state index in [0.29, 0.717) is 17.6 Å². The minimum Gasteiger partial charge on any atom is -0.259 e. The van der Waals surface area contributed by atoms with Crippen LogP contribution in [0.3, 0.4) is 0 Å². The summed E-state index contributed by atoms with van der Waals surface area (Å²) in [6, 6.07) is 28.5. The molecule has 6 rings (SSSR count). The van der Waals surface area contributed by atoms with Crippen LogP contribution in [0.1, 0.15) is 22.3 Å². The van der Waals surface area contributed by atoms with Gasteiger partial charge in [0.1, 0.15) is 5.52 Å². The highest BCUT2D eigenvalue weighted by molar-refractivity contribution is 5.96. The van der Waals surface area contributed by atoms with Crippen molar-refractivity contribution in [3.63, 3.8) is 0 Å². The van der Waals surface area contributed by atoms with Gasteiger partial charge in [-0.2, -0.15) is 18.3 Å². The van der Waals surface area contributed by atoms with Crippen LogP contribution in [0.2, 0.25) is 0 Å². The average Bonchev–Trinajstić information content (AvgIpc) is 3.36. The number of hydrogen-bond donors (Lipinski definition) is 0. The predicted octanol–water partition coefficient (Wildman–Crippen LogP) is 7.34. The van der Waals surface area contributed by atoms with E-state index >= 15 is 0 Å². The number of aromatic nitrogens is 2. The number of halogens is 3. The van der Waals surface area contributed by atoms with Crippen LogP contribution in [-0.2, 0) is 19.1 Å². The number of nitrogens with zero attached hydrogens (tertiary/aromatic N) is 2. The highest BCUT2D eigenvalue weighted by Crippen LogP contribution is 2.41. The van der Waals surface area contributed by atoms with Crippen molar-refractivity contribution in [3.8, 4) is 22.4 Å². The van der Waals surface area contributed by atoms with Gasteiger partial charge in [-0.1, -0.05) is 78.9 Å². The fourth-order valence-corrected chi connectivity index (χ4v) is 4.85. The van der Waals surface area contributed by atoms with Crippen molar-refractivity contribution in [1.29, 1.82) is 0 Å². The summed E-state index contributed by atoms with van der Waals surface area (Å²) in [7, 11) is 0. The molecule has 0 saturated heterocycles. The van der Waals surface area contributed by atoms with Crippen LogP contribution in [0.15, 0.2) is 91.0 Å². The second kappa shape index (κ2) is 7.34. The molecule has 1 aliphatic rings. The van der Waals surface area contributed by atoms with Crippen molar-refractivity contribution in [2.75, 3.05) is 0 Å². The molecule has 0 bridgehead atoms. The Morgan fingerprint density at radius 3 is 2.33 bits per heavy atom. The van der Waals surface area contributed by atoms with Crippen LogP contribution in [0.5, 0.6) is 0 Å². The van der Waals surface area contributed by atoms with Crippen LogP contribution in [-0.4, -0.2) is 9.78 Å². The summed E-state index contributed by atoms with van der Waals surface area (Å²) in [5, 5.41) is 4.99. The molecule has 0 N–H and O–H groups in total. The smallest absolute Gasteiger partial charge is 0.259 e. The van der Waals surface area contributed by atoms with Gasteiger partial charge in [0, 0.05) is 10.9 Å². The van der Waals surface area contributed by atoms with Gasteiger partial charge in [0.05, 0.1) is 17.8 Å². The molecule has 0 unspecified atom stereocenters. The van der Waals surface area contributed by atoms with E-state index in [1.54, 1.807) is 10.7 Å². The lowest BCUT2D eigenvalue weighted by Gasteiger charge is -2.10.